The van der Waals surface area contributed by atoms with E-state index in [4.69, 9.17) is 17.3 Å². The summed E-state index contributed by atoms with van der Waals surface area (Å²) >= 11 is 7.64. The van der Waals surface area contributed by atoms with Gasteiger partial charge in [-0.15, -0.1) is 11.3 Å². The van der Waals surface area contributed by atoms with Crippen LogP contribution >= 0.6 is 22.9 Å². The van der Waals surface area contributed by atoms with Gasteiger partial charge in [-0.1, -0.05) is 23.7 Å². The summed E-state index contributed by atoms with van der Waals surface area (Å²) in [6.45, 7) is 0. The molecule has 0 atom stereocenters. The van der Waals surface area contributed by atoms with E-state index in [1.54, 1.807) is 17.4 Å². The van der Waals surface area contributed by atoms with Crippen molar-refractivity contribution in [1.82, 2.24) is 4.98 Å². The fraction of sp³-hybridized carbons (Fsp3) is 0. The van der Waals surface area contributed by atoms with Crippen LogP contribution in [0.4, 0.5) is 5.69 Å². The van der Waals surface area contributed by atoms with E-state index in [1.807, 2.05) is 30.3 Å². The number of anilines is 1. The smallest absolute Gasteiger partial charge is 0.124 e. The summed E-state index contributed by atoms with van der Waals surface area (Å²) in [5.41, 5.74) is 8.42. The highest BCUT2D eigenvalue weighted by Gasteiger charge is 2.07. The molecule has 2 aromatic carbocycles. The fourth-order valence-corrected chi connectivity index (χ4v) is 2.93. The van der Waals surface area contributed by atoms with Gasteiger partial charge in [0.05, 0.1) is 10.2 Å². The Kier molecular flexibility index (Phi) is 2.50. The van der Waals surface area contributed by atoms with Crippen LogP contribution < -0.4 is 5.73 Å². The van der Waals surface area contributed by atoms with Crippen molar-refractivity contribution in [1.29, 1.82) is 0 Å². The predicted molar refractivity (Wildman–Crippen MR) is 74.5 cm³/mol. The van der Waals surface area contributed by atoms with E-state index in [9.17, 15) is 0 Å². The number of halogens is 1. The van der Waals surface area contributed by atoms with Gasteiger partial charge in [-0.25, -0.2) is 4.98 Å². The number of benzene rings is 2. The zero-order valence-electron chi connectivity index (χ0n) is 8.85. The van der Waals surface area contributed by atoms with Crippen LogP contribution in [0.1, 0.15) is 0 Å². The lowest BCUT2D eigenvalue weighted by Crippen LogP contribution is -1.85. The van der Waals surface area contributed by atoms with E-state index in [0.29, 0.717) is 10.7 Å². The number of hydrogen-bond donors (Lipinski definition) is 1. The highest BCUT2D eigenvalue weighted by molar-refractivity contribution is 7.21. The number of nitrogens with two attached hydrogens (primary N) is 1. The predicted octanol–water partition coefficient (Wildman–Crippen LogP) is 4.20. The van der Waals surface area contributed by atoms with Crippen LogP contribution in [0.2, 0.25) is 5.02 Å². The number of nitrogens with zero attached hydrogens (tertiary/aromatic N) is 1. The zero-order chi connectivity index (χ0) is 11.8. The first kappa shape index (κ1) is 10.6. The van der Waals surface area contributed by atoms with Crippen LogP contribution in [-0.2, 0) is 0 Å². The summed E-state index contributed by atoms with van der Waals surface area (Å²) in [6, 6.07) is 13.6. The van der Waals surface area contributed by atoms with Gasteiger partial charge in [0.15, 0.2) is 0 Å². The van der Waals surface area contributed by atoms with Gasteiger partial charge in [-0.3, -0.25) is 0 Å². The number of aromatic nitrogens is 1. The van der Waals surface area contributed by atoms with Crippen molar-refractivity contribution >= 4 is 38.8 Å². The van der Waals surface area contributed by atoms with Crippen LogP contribution in [0, 0.1) is 0 Å². The zero-order valence-corrected chi connectivity index (χ0v) is 10.4. The lowest BCUT2D eigenvalue weighted by atomic mass is 10.2. The van der Waals surface area contributed by atoms with Crippen LogP contribution in [0.25, 0.3) is 20.8 Å². The Balaban J connectivity index is 2.20. The average molecular weight is 261 g/mol. The van der Waals surface area contributed by atoms with E-state index in [2.05, 4.69) is 11.1 Å². The maximum absolute atomic E-state index is 6.00. The second-order valence-corrected chi connectivity index (χ2v) is 5.23. The van der Waals surface area contributed by atoms with Gasteiger partial charge in [0.1, 0.15) is 5.01 Å². The molecule has 0 radical (unpaired) electrons. The lowest BCUT2D eigenvalue weighted by molar-refractivity contribution is 1.48. The van der Waals surface area contributed by atoms with Crippen molar-refractivity contribution in [2.75, 3.05) is 5.73 Å². The van der Waals surface area contributed by atoms with Crippen LogP contribution in [0.5, 0.6) is 0 Å². The van der Waals surface area contributed by atoms with E-state index in [1.165, 1.54) is 4.70 Å². The highest BCUT2D eigenvalue weighted by atomic mass is 35.5. The Hall–Kier alpha value is -1.58. The Labute approximate surface area is 108 Å². The van der Waals surface area contributed by atoms with Crippen molar-refractivity contribution in [3.05, 3.63) is 47.5 Å². The number of nitrogen functional groups attached to an aromatic ring is 1. The van der Waals surface area contributed by atoms with Gasteiger partial charge in [0.2, 0.25) is 0 Å². The lowest BCUT2D eigenvalue weighted by Gasteiger charge is -1.99. The van der Waals surface area contributed by atoms with Crippen LogP contribution in [-0.4, -0.2) is 4.98 Å². The van der Waals surface area contributed by atoms with Crippen molar-refractivity contribution in [3.8, 4) is 10.6 Å². The van der Waals surface area contributed by atoms with E-state index < -0.39 is 0 Å². The average Bonchev–Trinajstić information content (AvgIpc) is 2.71. The minimum atomic E-state index is 0.638. The number of rotatable bonds is 1. The quantitative estimate of drug-likeness (QED) is 0.666. The molecule has 1 heterocycles. The van der Waals surface area contributed by atoms with Crippen molar-refractivity contribution < 1.29 is 0 Å². The highest BCUT2D eigenvalue weighted by Crippen LogP contribution is 2.32. The fourth-order valence-electron chi connectivity index (χ4n) is 1.73. The molecule has 0 bridgehead atoms. The summed E-state index contributed by atoms with van der Waals surface area (Å²) in [5, 5.41) is 1.58. The SMILES string of the molecule is Nc1cc(Cl)cc(-c2nc3ccccc3s2)c1. The number of para-hydroxylation sites is 1. The Morgan fingerprint density at radius 3 is 2.71 bits per heavy atom. The van der Waals surface area contributed by atoms with Gasteiger partial charge in [0, 0.05) is 16.3 Å². The van der Waals surface area contributed by atoms with Gasteiger partial charge in [-0.2, -0.15) is 0 Å². The Morgan fingerprint density at radius 1 is 1.12 bits per heavy atom. The molecule has 0 amide bonds. The van der Waals surface area contributed by atoms with Crippen molar-refractivity contribution in [3.63, 3.8) is 0 Å². The minimum absolute atomic E-state index is 0.638. The summed E-state index contributed by atoms with van der Waals surface area (Å²) in [6.07, 6.45) is 0. The molecular formula is C13H9ClN2S. The molecule has 0 spiro atoms. The third kappa shape index (κ3) is 1.99. The monoisotopic (exact) mass is 260 g/mol. The summed E-state index contributed by atoms with van der Waals surface area (Å²) < 4.78 is 1.17. The van der Waals surface area contributed by atoms with E-state index in [-0.39, 0.29) is 0 Å². The summed E-state index contributed by atoms with van der Waals surface area (Å²) in [5.74, 6) is 0. The molecule has 0 aliphatic carbocycles. The molecule has 3 rings (SSSR count). The normalized spacial score (nSPS) is 10.9. The molecule has 0 saturated heterocycles. The summed E-state index contributed by atoms with van der Waals surface area (Å²) in [4.78, 5) is 4.57. The molecule has 4 heteroatoms. The largest absolute Gasteiger partial charge is 0.399 e. The van der Waals surface area contributed by atoms with Gasteiger partial charge in [-0.05, 0) is 30.3 Å². The molecule has 1 aromatic heterocycles. The first-order valence-electron chi connectivity index (χ1n) is 5.14. The second-order valence-electron chi connectivity index (χ2n) is 3.76. The molecule has 3 aromatic rings. The first-order valence-corrected chi connectivity index (χ1v) is 6.34. The molecule has 0 aliphatic heterocycles. The Morgan fingerprint density at radius 2 is 1.94 bits per heavy atom. The van der Waals surface area contributed by atoms with Crippen molar-refractivity contribution in [2.45, 2.75) is 0 Å². The minimum Gasteiger partial charge on any atom is -0.399 e. The second kappa shape index (κ2) is 4.02. The van der Waals surface area contributed by atoms with Crippen molar-refractivity contribution in [2.24, 2.45) is 0 Å². The van der Waals surface area contributed by atoms with Gasteiger partial charge in [0.25, 0.3) is 0 Å². The summed E-state index contributed by atoms with van der Waals surface area (Å²) in [7, 11) is 0. The first-order chi connectivity index (χ1) is 8.22. The third-order valence-corrected chi connectivity index (χ3v) is 3.76. The number of hydrogen-bond acceptors (Lipinski definition) is 3. The Bertz CT molecular complexity index is 637. The third-order valence-electron chi connectivity index (χ3n) is 2.46. The molecule has 0 unspecified atom stereocenters. The van der Waals surface area contributed by atoms with Crippen LogP contribution in [0.3, 0.4) is 0 Å². The van der Waals surface area contributed by atoms with E-state index >= 15 is 0 Å². The van der Waals surface area contributed by atoms with E-state index in [0.717, 1.165) is 16.1 Å². The number of thiazole rings is 1. The van der Waals surface area contributed by atoms with Gasteiger partial charge < -0.3 is 5.73 Å². The molecule has 17 heavy (non-hydrogen) atoms. The van der Waals surface area contributed by atoms with Crippen LogP contribution in [0.15, 0.2) is 42.5 Å². The maximum atomic E-state index is 6.00. The molecule has 0 aliphatic rings. The number of fused-ring (bicyclic) bond motifs is 1. The molecule has 0 fully saturated rings. The topological polar surface area (TPSA) is 38.9 Å². The maximum Gasteiger partial charge on any atom is 0.124 e. The standard InChI is InChI=1S/C13H9ClN2S/c14-9-5-8(6-10(15)7-9)13-16-11-3-1-2-4-12(11)17-13/h1-7H,15H2. The van der Waals surface area contributed by atoms with Gasteiger partial charge >= 0.3 is 0 Å². The molecule has 0 saturated carbocycles. The molecule has 2 nitrogen and oxygen atoms in total. The molecule has 84 valence electrons. The molecular weight excluding hydrogens is 252 g/mol. The molecule has 2 N–H and O–H groups in total.